The average molecular weight is 284 g/mol. The Morgan fingerprint density at radius 2 is 2.15 bits per heavy atom. The van der Waals surface area contributed by atoms with Gasteiger partial charge in [-0.1, -0.05) is 30.6 Å². The molecule has 2 aromatic carbocycles. The second kappa shape index (κ2) is 5.20. The molecule has 0 amide bonds. The zero-order valence-electron chi connectivity index (χ0n) is 10.9. The minimum atomic E-state index is 0.139. The van der Waals surface area contributed by atoms with Gasteiger partial charge in [-0.2, -0.15) is 0 Å². The second-order valence-electron chi connectivity index (χ2n) is 4.64. The summed E-state index contributed by atoms with van der Waals surface area (Å²) < 4.78 is 11.3. The lowest BCUT2D eigenvalue weighted by Crippen LogP contribution is -2.23. The Morgan fingerprint density at radius 1 is 1.30 bits per heavy atom. The van der Waals surface area contributed by atoms with Gasteiger partial charge < -0.3 is 9.39 Å². The molecule has 0 fully saturated rings. The Hall–Kier alpha value is -1.96. The van der Waals surface area contributed by atoms with E-state index in [-0.39, 0.29) is 6.92 Å². The molecule has 0 atom stereocenters. The van der Waals surface area contributed by atoms with Gasteiger partial charge in [0.15, 0.2) is 5.69 Å². The summed E-state index contributed by atoms with van der Waals surface area (Å²) in [4.78, 5) is 3.33. The molecule has 0 unspecified atom stereocenters. The van der Waals surface area contributed by atoms with Crippen molar-refractivity contribution in [3.63, 3.8) is 0 Å². The quantitative estimate of drug-likeness (QED) is 0.613. The van der Waals surface area contributed by atoms with Crippen LogP contribution < -0.4 is 10.2 Å². The largest absolute Gasteiger partial charge is 0.456 e. The maximum Gasteiger partial charge on any atom is 0.324 e. The van der Waals surface area contributed by atoms with Crippen molar-refractivity contribution in [2.24, 2.45) is 0 Å². The molecule has 0 radical (unpaired) electrons. The maximum atomic E-state index is 6.95. The van der Waals surface area contributed by atoms with E-state index in [1.807, 2.05) is 25.0 Å². The highest BCUT2D eigenvalue weighted by atomic mass is 35.5. The van der Waals surface area contributed by atoms with E-state index in [0.29, 0.717) is 23.1 Å². The van der Waals surface area contributed by atoms with E-state index in [1.165, 1.54) is 5.46 Å². The molecule has 0 aromatic heterocycles. The molecule has 0 saturated carbocycles. The van der Waals surface area contributed by atoms with Crippen molar-refractivity contribution in [2.45, 2.75) is 13.4 Å². The molecule has 1 aliphatic heterocycles. The van der Waals surface area contributed by atoms with Crippen LogP contribution in [0.2, 0.25) is 11.8 Å². The first-order chi connectivity index (χ1) is 9.67. The molecule has 0 N–H and O–H groups in total. The van der Waals surface area contributed by atoms with Crippen molar-refractivity contribution in [3.8, 4) is 11.5 Å². The van der Waals surface area contributed by atoms with Gasteiger partial charge in [-0.3, -0.25) is 0 Å². The van der Waals surface area contributed by atoms with Crippen LogP contribution in [0.4, 0.5) is 5.69 Å². The summed E-state index contributed by atoms with van der Waals surface area (Å²) >= 11 is 6.11. The number of halogens is 1. The highest BCUT2D eigenvalue weighted by Crippen LogP contribution is 2.33. The standard InChI is InChI=1S/C15H11BClNO2/c1-16-13-5-4-12(7-10(13)9-19-16)20-15-6-3-11(18-2)8-14(15)17/h3-8H,9H2,1H3. The predicted octanol–water partition coefficient (Wildman–Crippen LogP) is 4.04. The van der Waals surface area contributed by atoms with Crippen molar-refractivity contribution >= 4 is 29.7 Å². The van der Waals surface area contributed by atoms with Crippen molar-refractivity contribution in [1.82, 2.24) is 0 Å². The van der Waals surface area contributed by atoms with Crippen LogP contribution in [0.1, 0.15) is 5.56 Å². The van der Waals surface area contributed by atoms with Crippen molar-refractivity contribution in [2.75, 3.05) is 0 Å². The zero-order chi connectivity index (χ0) is 14.1. The van der Waals surface area contributed by atoms with Gasteiger partial charge in [-0.05, 0) is 35.3 Å². The molecular weight excluding hydrogens is 272 g/mol. The predicted molar refractivity (Wildman–Crippen MR) is 80.3 cm³/mol. The van der Waals surface area contributed by atoms with E-state index >= 15 is 0 Å². The monoisotopic (exact) mass is 283 g/mol. The minimum Gasteiger partial charge on any atom is -0.456 e. The lowest BCUT2D eigenvalue weighted by Gasteiger charge is -2.09. The molecule has 98 valence electrons. The summed E-state index contributed by atoms with van der Waals surface area (Å²) in [6, 6.07) is 10.9. The molecule has 3 nitrogen and oxygen atoms in total. The van der Waals surface area contributed by atoms with E-state index in [2.05, 4.69) is 4.85 Å². The summed E-state index contributed by atoms with van der Waals surface area (Å²) in [7, 11) is 0. The van der Waals surface area contributed by atoms with E-state index < -0.39 is 0 Å². The summed E-state index contributed by atoms with van der Waals surface area (Å²) in [6.07, 6.45) is 0. The first kappa shape index (κ1) is 13.0. The van der Waals surface area contributed by atoms with Gasteiger partial charge in [-0.15, -0.1) is 0 Å². The molecule has 1 aliphatic rings. The summed E-state index contributed by atoms with van der Waals surface area (Å²) in [6.45, 7) is 9.73. The van der Waals surface area contributed by atoms with Crippen LogP contribution in [0.5, 0.6) is 11.5 Å². The third-order valence-corrected chi connectivity index (χ3v) is 3.61. The average Bonchev–Trinajstić information content (AvgIpc) is 2.82. The zero-order valence-corrected chi connectivity index (χ0v) is 11.6. The molecule has 20 heavy (non-hydrogen) atoms. The molecule has 5 heteroatoms. The third-order valence-electron chi connectivity index (χ3n) is 3.31. The molecule has 1 heterocycles. The third kappa shape index (κ3) is 2.38. The highest BCUT2D eigenvalue weighted by molar-refractivity contribution is 6.67. The van der Waals surface area contributed by atoms with Crippen LogP contribution >= 0.6 is 11.6 Å². The first-order valence-electron chi connectivity index (χ1n) is 6.26. The molecule has 0 aliphatic carbocycles. The van der Waals surface area contributed by atoms with Crippen LogP contribution in [-0.4, -0.2) is 6.92 Å². The Labute approximate surface area is 123 Å². The van der Waals surface area contributed by atoms with Gasteiger partial charge in [0.1, 0.15) is 11.5 Å². The summed E-state index contributed by atoms with van der Waals surface area (Å²) in [5.74, 6) is 1.27. The number of hydrogen-bond donors (Lipinski definition) is 0. The molecule has 0 spiro atoms. The van der Waals surface area contributed by atoms with Gasteiger partial charge in [0.25, 0.3) is 0 Å². The number of fused-ring (bicyclic) bond motifs is 1. The van der Waals surface area contributed by atoms with E-state index in [9.17, 15) is 0 Å². The maximum absolute atomic E-state index is 6.95. The van der Waals surface area contributed by atoms with Crippen molar-refractivity contribution in [1.29, 1.82) is 0 Å². The lowest BCUT2D eigenvalue weighted by atomic mass is 9.64. The van der Waals surface area contributed by atoms with Crippen LogP contribution in [0.15, 0.2) is 36.4 Å². The van der Waals surface area contributed by atoms with Gasteiger partial charge >= 0.3 is 6.92 Å². The fourth-order valence-corrected chi connectivity index (χ4v) is 2.45. The summed E-state index contributed by atoms with van der Waals surface area (Å²) in [5, 5.41) is 0.434. The Balaban J connectivity index is 1.87. The first-order valence-corrected chi connectivity index (χ1v) is 6.64. The van der Waals surface area contributed by atoms with Gasteiger partial charge in [0, 0.05) is 0 Å². The fourth-order valence-electron chi connectivity index (χ4n) is 2.24. The van der Waals surface area contributed by atoms with Crippen molar-refractivity contribution < 1.29 is 9.39 Å². The lowest BCUT2D eigenvalue weighted by molar-refractivity contribution is 0.333. The van der Waals surface area contributed by atoms with Crippen LogP contribution in [0.3, 0.4) is 0 Å². The van der Waals surface area contributed by atoms with Gasteiger partial charge in [-0.25, -0.2) is 4.85 Å². The molecule has 3 rings (SSSR count). The Kier molecular flexibility index (Phi) is 3.39. The van der Waals surface area contributed by atoms with Gasteiger partial charge in [0.05, 0.1) is 18.2 Å². The Morgan fingerprint density at radius 3 is 2.90 bits per heavy atom. The topological polar surface area (TPSA) is 22.8 Å². The van der Waals surface area contributed by atoms with Crippen LogP contribution in [-0.2, 0) is 11.3 Å². The molecule has 0 saturated heterocycles. The SMILES string of the molecule is [C-]#[N+]c1ccc(Oc2ccc3c(c2)COB3C)c(Cl)c1. The Bertz CT molecular complexity index is 712. The molecule has 0 bridgehead atoms. The van der Waals surface area contributed by atoms with E-state index in [0.717, 1.165) is 11.3 Å². The number of hydrogen-bond acceptors (Lipinski definition) is 2. The normalized spacial score (nSPS) is 12.9. The number of benzene rings is 2. The minimum absolute atomic E-state index is 0.139. The van der Waals surface area contributed by atoms with E-state index in [4.69, 9.17) is 27.6 Å². The van der Waals surface area contributed by atoms with Crippen LogP contribution in [0.25, 0.3) is 4.85 Å². The molecular formula is C15H11BClNO2. The number of nitrogens with zero attached hydrogens (tertiary/aromatic N) is 1. The number of rotatable bonds is 2. The highest BCUT2D eigenvalue weighted by Gasteiger charge is 2.23. The van der Waals surface area contributed by atoms with Crippen molar-refractivity contribution in [3.05, 3.63) is 58.4 Å². The molecule has 2 aromatic rings. The van der Waals surface area contributed by atoms with Gasteiger partial charge in [0.2, 0.25) is 0 Å². The summed E-state index contributed by atoms with van der Waals surface area (Å²) in [5.41, 5.74) is 2.84. The fraction of sp³-hybridized carbons (Fsp3) is 0.133. The second-order valence-corrected chi connectivity index (χ2v) is 5.05. The number of ether oxygens (including phenoxy) is 1. The van der Waals surface area contributed by atoms with E-state index in [1.54, 1.807) is 18.2 Å². The van der Waals surface area contributed by atoms with Crippen LogP contribution in [0, 0.1) is 6.57 Å². The smallest absolute Gasteiger partial charge is 0.324 e.